The number of aliphatic imine (C=N–C) groups is 1. The Bertz CT molecular complexity index is 753. The van der Waals surface area contributed by atoms with Crippen molar-refractivity contribution < 1.29 is 4.52 Å². The molecule has 1 fully saturated rings. The SMILES string of the molecule is CN=C(NCCCc1nc(C)no1)NC1CCN(c2cccc(Cl)c2)C1.I. The number of aryl methyl sites for hydroxylation is 2. The summed E-state index contributed by atoms with van der Waals surface area (Å²) in [6, 6.07) is 8.36. The molecule has 1 saturated heterocycles. The van der Waals surface area contributed by atoms with Gasteiger partial charge in [-0.05, 0) is 38.0 Å². The highest BCUT2D eigenvalue weighted by atomic mass is 127. The monoisotopic (exact) mass is 504 g/mol. The van der Waals surface area contributed by atoms with Crippen LogP contribution in [-0.2, 0) is 6.42 Å². The fourth-order valence-corrected chi connectivity index (χ4v) is 3.25. The highest BCUT2D eigenvalue weighted by Gasteiger charge is 2.23. The third-order valence-corrected chi connectivity index (χ3v) is 4.59. The van der Waals surface area contributed by atoms with Crippen molar-refractivity contribution in [3.05, 3.63) is 41.0 Å². The van der Waals surface area contributed by atoms with Crippen molar-refractivity contribution in [2.45, 2.75) is 32.2 Å². The molecule has 0 spiro atoms. The molecule has 7 nitrogen and oxygen atoms in total. The number of aromatic nitrogens is 2. The van der Waals surface area contributed by atoms with Crippen LogP contribution in [0.15, 0.2) is 33.8 Å². The number of hydrogen-bond donors (Lipinski definition) is 2. The lowest BCUT2D eigenvalue weighted by molar-refractivity contribution is 0.372. The first-order valence-electron chi connectivity index (χ1n) is 8.91. The van der Waals surface area contributed by atoms with E-state index in [1.807, 2.05) is 25.1 Å². The van der Waals surface area contributed by atoms with Gasteiger partial charge in [-0.15, -0.1) is 24.0 Å². The van der Waals surface area contributed by atoms with E-state index in [1.54, 1.807) is 7.05 Å². The number of halogens is 2. The fraction of sp³-hybridized carbons (Fsp3) is 0.500. The zero-order valence-electron chi connectivity index (χ0n) is 15.6. The summed E-state index contributed by atoms with van der Waals surface area (Å²) < 4.78 is 5.12. The molecule has 0 amide bonds. The molecule has 1 unspecified atom stereocenters. The van der Waals surface area contributed by atoms with Crippen LogP contribution >= 0.6 is 35.6 Å². The van der Waals surface area contributed by atoms with E-state index in [0.717, 1.165) is 49.9 Å². The Kier molecular flexibility index (Phi) is 8.62. The van der Waals surface area contributed by atoms with Crippen LogP contribution in [0.4, 0.5) is 5.69 Å². The van der Waals surface area contributed by atoms with E-state index in [9.17, 15) is 0 Å². The summed E-state index contributed by atoms with van der Waals surface area (Å²) in [5, 5.41) is 11.4. The third-order valence-electron chi connectivity index (χ3n) is 4.36. The van der Waals surface area contributed by atoms with E-state index in [1.165, 1.54) is 5.69 Å². The average Bonchev–Trinajstić information content (AvgIpc) is 3.26. The van der Waals surface area contributed by atoms with Gasteiger partial charge in [0, 0.05) is 49.9 Å². The van der Waals surface area contributed by atoms with Gasteiger partial charge in [0.2, 0.25) is 5.89 Å². The quantitative estimate of drug-likeness (QED) is 0.273. The Balaban J connectivity index is 0.00000261. The van der Waals surface area contributed by atoms with Crippen molar-refractivity contribution in [1.29, 1.82) is 0 Å². The molecule has 1 aliphatic rings. The highest BCUT2D eigenvalue weighted by Crippen LogP contribution is 2.23. The van der Waals surface area contributed by atoms with Gasteiger partial charge >= 0.3 is 0 Å². The lowest BCUT2D eigenvalue weighted by Crippen LogP contribution is -2.44. The minimum atomic E-state index is 0. The maximum Gasteiger partial charge on any atom is 0.226 e. The van der Waals surface area contributed by atoms with Gasteiger partial charge in [0.1, 0.15) is 0 Å². The molecular formula is C18H26ClIN6O. The summed E-state index contributed by atoms with van der Waals surface area (Å²) in [4.78, 5) is 10.9. The molecule has 0 saturated carbocycles. The number of nitrogens with one attached hydrogen (secondary N) is 2. The van der Waals surface area contributed by atoms with Crippen LogP contribution in [0.5, 0.6) is 0 Å². The molecular weight excluding hydrogens is 479 g/mol. The zero-order valence-corrected chi connectivity index (χ0v) is 18.7. The molecule has 1 aromatic carbocycles. The normalized spacial score (nSPS) is 16.9. The first-order chi connectivity index (χ1) is 12.6. The van der Waals surface area contributed by atoms with Crippen molar-refractivity contribution in [3.8, 4) is 0 Å². The molecule has 1 aliphatic heterocycles. The number of anilines is 1. The minimum absolute atomic E-state index is 0. The molecule has 3 rings (SSSR count). The number of rotatable bonds is 6. The predicted octanol–water partition coefficient (Wildman–Crippen LogP) is 3.03. The zero-order chi connectivity index (χ0) is 18.4. The topological polar surface area (TPSA) is 78.6 Å². The van der Waals surface area contributed by atoms with Crippen LogP contribution in [0.1, 0.15) is 24.6 Å². The van der Waals surface area contributed by atoms with Gasteiger partial charge < -0.3 is 20.1 Å². The number of hydrogen-bond acceptors (Lipinski definition) is 5. The van der Waals surface area contributed by atoms with Gasteiger partial charge in [-0.3, -0.25) is 4.99 Å². The maximum absolute atomic E-state index is 6.10. The van der Waals surface area contributed by atoms with Gasteiger partial charge in [-0.1, -0.05) is 22.8 Å². The Morgan fingerprint density at radius 1 is 1.44 bits per heavy atom. The number of nitrogens with zero attached hydrogens (tertiary/aromatic N) is 4. The summed E-state index contributed by atoms with van der Waals surface area (Å²) >= 11 is 6.10. The molecule has 0 radical (unpaired) electrons. The lowest BCUT2D eigenvalue weighted by atomic mass is 10.2. The Labute approximate surface area is 182 Å². The molecule has 9 heteroatoms. The summed E-state index contributed by atoms with van der Waals surface area (Å²) in [6.07, 6.45) is 2.73. The largest absolute Gasteiger partial charge is 0.369 e. The van der Waals surface area contributed by atoms with E-state index < -0.39 is 0 Å². The van der Waals surface area contributed by atoms with Crippen LogP contribution in [0, 0.1) is 6.92 Å². The first-order valence-corrected chi connectivity index (χ1v) is 9.28. The Hall–Kier alpha value is -1.55. The Morgan fingerprint density at radius 3 is 3.00 bits per heavy atom. The molecule has 1 aromatic heterocycles. The van der Waals surface area contributed by atoms with Crippen LogP contribution < -0.4 is 15.5 Å². The molecule has 148 valence electrons. The molecule has 2 heterocycles. The van der Waals surface area contributed by atoms with Gasteiger partial charge in [0.25, 0.3) is 0 Å². The van der Waals surface area contributed by atoms with Crippen molar-refractivity contribution in [1.82, 2.24) is 20.8 Å². The number of guanidine groups is 1. The second kappa shape index (κ2) is 10.7. The molecule has 2 aromatic rings. The standard InChI is InChI=1S/C18H25ClN6O.HI/c1-13-22-17(26-24-13)7-4-9-21-18(20-2)23-15-8-10-25(12-15)16-6-3-5-14(19)11-16;/h3,5-6,11,15H,4,7-10,12H2,1-2H3,(H2,20,21,23);1H. The summed E-state index contributed by atoms with van der Waals surface area (Å²) in [6.45, 7) is 4.56. The third kappa shape index (κ3) is 6.53. The molecule has 0 bridgehead atoms. The van der Waals surface area contributed by atoms with E-state index in [-0.39, 0.29) is 24.0 Å². The first kappa shape index (κ1) is 21.7. The summed E-state index contributed by atoms with van der Waals surface area (Å²) in [7, 11) is 1.79. The maximum atomic E-state index is 6.10. The molecule has 27 heavy (non-hydrogen) atoms. The fourth-order valence-electron chi connectivity index (χ4n) is 3.06. The van der Waals surface area contributed by atoms with Crippen molar-refractivity contribution in [2.24, 2.45) is 4.99 Å². The summed E-state index contributed by atoms with van der Waals surface area (Å²) in [5.74, 6) is 2.18. The van der Waals surface area contributed by atoms with Crippen molar-refractivity contribution in [2.75, 3.05) is 31.6 Å². The molecule has 1 atom stereocenters. The van der Waals surface area contributed by atoms with Crippen LogP contribution in [0.3, 0.4) is 0 Å². The van der Waals surface area contributed by atoms with Gasteiger partial charge in [0.05, 0.1) is 0 Å². The van der Waals surface area contributed by atoms with Gasteiger partial charge in [-0.25, -0.2) is 0 Å². The highest BCUT2D eigenvalue weighted by molar-refractivity contribution is 14.0. The van der Waals surface area contributed by atoms with E-state index >= 15 is 0 Å². The average molecular weight is 505 g/mol. The van der Waals surface area contributed by atoms with Gasteiger partial charge in [-0.2, -0.15) is 4.98 Å². The summed E-state index contributed by atoms with van der Waals surface area (Å²) in [5.41, 5.74) is 1.17. The Morgan fingerprint density at radius 2 is 2.30 bits per heavy atom. The van der Waals surface area contributed by atoms with Crippen molar-refractivity contribution >= 4 is 47.2 Å². The van der Waals surface area contributed by atoms with E-state index in [4.69, 9.17) is 16.1 Å². The van der Waals surface area contributed by atoms with E-state index in [0.29, 0.717) is 17.8 Å². The lowest BCUT2D eigenvalue weighted by Gasteiger charge is -2.20. The minimum Gasteiger partial charge on any atom is -0.369 e. The van der Waals surface area contributed by atoms with Crippen LogP contribution in [-0.4, -0.2) is 48.8 Å². The van der Waals surface area contributed by atoms with Crippen LogP contribution in [0.25, 0.3) is 0 Å². The number of benzene rings is 1. The second-order valence-electron chi connectivity index (χ2n) is 6.39. The molecule has 2 N–H and O–H groups in total. The van der Waals surface area contributed by atoms with Gasteiger partial charge in [0.15, 0.2) is 11.8 Å². The second-order valence-corrected chi connectivity index (χ2v) is 6.83. The van der Waals surface area contributed by atoms with Crippen LogP contribution in [0.2, 0.25) is 5.02 Å². The predicted molar refractivity (Wildman–Crippen MR) is 119 cm³/mol. The molecule has 0 aliphatic carbocycles. The van der Waals surface area contributed by atoms with Crippen molar-refractivity contribution in [3.63, 3.8) is 0 Å². The smallest absolute Gasteiger partial charge is 0.226 e. The van der Waals surface area contributed by atoms with E-state index in [2.05, 4.69) is 36.7 Å².